The third-order valence-corrected chi connectivity index (χ3v) is 5.20. The van der Waals surface area contributed by atoms with Gasteiger partial charge in [0.25, 0.3) is 20.2 Å². The van der Waals surface area contributed by atoms with Crippen LogP contribution >= 0.6 is 0 Å². The fourth-order valence-electron chi connectivity index (χ4n) is 2.16. The van der Waals surface area contributed by atoms with E-state index >= 15 is 0 Å². The highest BCUT2D eigenvalue weighted by atomic mass is 32.2. The number of nitrogen functional groups attached to an aromatic ring is 1. The maximum atomic E-state index is 13.6. The number of benzene rings is 2. The molecule has 0 spiro atoms. The van der Waals surface area contributed by atoms with E-state index in [0.29, 0.717) is 6.07 Å². The Morgan fingerprint density at radius 2 is 1.58 bits per heavy atom. The standard InChI is InChI=1S/C13H12FN3O7S2/c1-6-2-11(13(26(22,23)24)5-12(6)25(19,20)21)16-9-3-7(14)8(15)4-10(9)17-18/h2-5,16H,15H2,1H3,(H,19,20,21)(H,22,23,24). The first-order valence-corrected chi connectivity index (χ1v) is 9.51. The Bertz CT molecular complexity index is 1120. The van der Waals surface area contributed by atoms with Gasteiger partial charge in [-0.25, -0.2) is 4.39 Å². The van der Waals surface area contributed by atoms with Crippen LogP contribution in [0, 0.1) is 17.6 Å². The average Bonchev–Trinajstić information content (AvgIpc) is 2.48. The summed E-state index contributed by atoms with van der Waals surface area (Å²) in [5, 5.41) is 5.01. The third-order valence-electron chi connectivity index (χ3n) is 3.32. The van der Waals surface area contributed by atoms with Gasteiger partial charge >= 0.3 is 0 Å². The molecule has 0 unspecified atom stereocenters. The quantitative estimate of drug-likeness (QED) is 0.330. The first kappa shape index (κ1) is 19.7. The van der Waals surface area contributed by atoms with E-state index in [2.05, 4.69) is 10.5 Å². The van der Waals surface area contributed by atoms with Crippen molar-refractivity contribution in [2.24, 2.45) is 5.18 Å². The molecular weight excluding hydrogens is 393 g/mol. The zero-order valence-corrected chi connectivity index (χ0v) is 14.6. The molecule has 0 bridgehead atoms. The minimum Gasteiger partial charge on any atom is -0.396 e. The Hall–Kier alpha value is -2.61. The van der Waals surface area contributed by atoms with Crippen LogP contribution in [0.3, 0.4) is 0 Å². The second-order valence-corrected chi connectivity index (χ2v) is 7.95. The fourth-order valence-corrected chi connectivity index (χ4v) is 3.62. The number of nitrogens with two attached hydrogens (primary N) is 1. The van der Waals surface area contributed by atoms with Gasteiger partial charge < -0.3 is 11.1 Å². The summed E-state index contributed by atoms with van der Waals surface area (Å²) in [6.45, 7) is 1.24. The summed E-state index contributed by atoms with van der Waals surface area (Å²) in [5.41, 5.74) is 3.83. The Morgan fingerprint density at radius 3 is 2.08 bits per heavy atom. The van der Waals surface area contributed by atoms with Crippen molar-refractivity contribution in [3.63, 3.8) is 0 Å². The summed E-state index contributed by atoms with van der Waals surface area (Å²) in [4.78, 5) is 9.18. The zero-order chi connectivity index (χ0) is 19.9. The molecule has 0 aliphatic heterocycles. The summed E-state index contributed by atoms with van der Waals surface area (Å²) in [7, 11) is -9.74. The largest absolute Gasteiger partial charge is 0.396 e. The number of nitrogens with one attached hydrogen (secondary N) is 1. The zero-order valence-electron chi connectivity index (χ0n) is 13.0. The first-order valence-electron chi connectivity index (χ1n) is 6.63. The van der Waals surface area contributed by atoms with Crippen LogP contribution in [0.5, 0.6) is 0 Å². The second kappa shape index (κ2) is 6.60. The van der Waals surface area contributed by atoms with Gasteiger partial charge in [-0.05, 0) is 35.9 Å². The van der Waals surface area contributed by atoms with Gasteiger partial charge in [0.05, 0.1) is 22.0 Å². The van der Waals surface area contributed by atoms with Gasteiger partial charge in [-0.3, -0.25) is 9.11 Å². The molecular formula is C13H12FN3O7S2. The molecule has 2 rings (SSSR count). The van der Waals surface area contributed by atoms with Gasteiger partial charge in [0.1, 0.15) is 16.4 Å². The lowest BCUT2D eigenvalue weighted by molar-refractivity contribution is 0.481. The summed E-state index contributed by atoms with van der Waals surface area (Å²) >= 11 is 0. The molecule has 10 nitrogen and oxygen atoms in total. The van der Waals surface area contributed by atoms with Crippen LogP contribution in [-0.2, 0) is 20.2 Å². The van der Waals surface area contributed by atoms with Crippen LogP contribution in [0.1, 0.15) is 5.56 Å². The monoisotopic (exact) mass is 405 g/mol. The number of aryl methyl sites for hydroxylation is 1. The lowest BCUT2D eigenvalue weighted by Gasteiger charge is -2.14. The molecule has 0 aromatic heterocycles. The normalized spacial score (nSPS) is 12.0. The number of nitrogens with zero attached hydrogens (tertiary/aromatic N) is 1. The molecule has 5 N–H and O–H groups in total. The SMILES string of the molecule is Cc1cc(Nc2cc(F)c(N)cc2N=O)c(S(=O)(=O)O)cc1S(=O)(=O)O. The van der Waals surface area contributed by atoms with Gasteiger partial charge in [0.15, 0.2) is 0 Å². The van der Waals surface area contributed by atoms with Crippen LogP contribution in [0.2, 0.25) is 0 Å². The Kier molecular flexibility index (Phi) is 5.01. The molecule has 0 heterocycles. The van der Waals surface area contributed by atoms with Gasteiger partial charge in [0, 0.05) is 6.07 Å². The summed E-state index contributed by atoms with van der Waals surface area (Å²) in [6.07, 6.45) is 0. The van der Waals surface area contributed by atoms with Gasteiger partial charge in [-0.2, -0.15) is 16.8 Å². The number of halogens is 1. The molecule has 0 saturated carbocycles. The maximum absolute atomic E-state index is 13.6. The number of hydrogen-bond donors (Lipinski definition) is 4. The minimum atomic E-state index is -4.96. The van der Waals surface area contributed by atoms with Crippen molar-refractivity contribution in [2.75, 3.05) is 11.1 Å². The Balaban J connectivity index is 2.73. The van der Waals surface area contributed by atoms with E-state index in [4.69, 9.17) is 10.3 Å². The van der Waals surface area contributed by atoms with Crippen molar-refractivity contribution in [3.05, 3.63) is 40.6 Å². The Labute approximate surface area is 147 Å². The molecule has 2 aromatic rings. The summed E-state index contributed by atoms with van der Waals surface area (Å²) in [5.74, 6) is -0.931. The summed E-state index contributed by atoms with van der Waals surface area (Å²) in [6, 6.07) is 3.15. The number of nitroso groups, excluding NO2 is 1. The van der Waals surface area contributed by atoms with Crippen LogP contribution in [0.25, 0.3) is 0 Å². The lowest BCUT2D eigenvalue weighted by atomic mass is 10.2. The lowest BCUT2D eigenvalue weighted by Crippen LogP contribution is -2.09. The van der Waals surface area contributed by atoms with Crippen LogP contribution in [0.15, 0.2) is 39.2 Å². The van der Waals surface area contributed by atoms with Crippen molar-refractivity contribution >= 4 is 43.0 Å². The van der Waals surface area contributed by atoms with E-state index in [1.807, 2.05) is 0 Å². The topological polar surface area (TPSA) is 176 Å². The fraction of sp³-hybridized carbons (Fsp3) is 0.0769. The van der Waals surface area contributed by atoms with Gasteiger partial charge in [-0.15, -0.1) is 4.91 Å². The molecule has 13 heteroatoms. The second-order valence-electron chi connectivity index (χ2n) is 5.17. The molecule has 26 heavy (non-hydrogen) atoms. The van der Waals surface area contributed by atoms with Crippen molar-refractivity contribution < 1.29 is 30.3 Å². The molecule has 2 aromatic carbocycles. The number of anilines is 3. The predicted molar refractivity (Wildman–Crippen MR) is 90.4 cm³/mol. The molecule has 0 aliphatic rings. The average molecular weight is 405 g/mol. The molecule has 0 aliphatic carbocycles. The Morgan fingerprint density at radius 1 is 1.00 bits per heavy atom. The van der Waals surface area contributed by atoms with Gasteiger partial charge in [0.2, 0.25) is 0 Å². The third kappa shape index (κ3) is 3.96. The van der Waals surface area contributed by atoms with Crippen molar-refractivity contribution in [2.45, 2.75) is 16.7 Å². The highest BCUT2D eigenvalue weighted by molar-refractivity contribution is 7.86. The van der Waals surface area contributed by atoms with E-state index in [1.54, 1.807) is 0 Å². The highest BCUT2D eigenvalue weighted by Crippen LogP contribution is 2.35. The highest BCUT2D eigenvalue weighted by Gasteiger charge is 2.24. The van der Waals surface area contributed by atoms with E-state index in [0.717, 1.165) is 18.2 Å². The molecule has 0 fully saturated rings. The molecule has 0 saturated heterocycles. The van der Waals surface area contributed by atoms with Crippen LogP contribution in [0.4, 0.5) is 27.1 Å². The van der Waals surface area contributed by atoms with E-state index < -0.39 is 35.8 Å². The van der Waals surface area contributed by atoms with Crippen molar-refractivity contribution in [3.8, 4) is 0 Å². The van der Waals surface area contributed by atoms with Crippen LogP contribution < -0.4 is 11.1 Å². The molecule has 140 valence electrons. The minimum absolute atomic E-state index is 0.0843. The van der Waals surface area contributed by atoms with E-state index in [1.165, 1.54) is 6.92 Å². The van der Waals surface area contributed by atoms with Gasteiger partial charge in [-0.1, -0.05) is 0 Å². The van der Waals surface area contributed by atoms with Crippen LogP contribution in [-0.4, -0.2) is 25.9 Å². The number of hydrogen-bond acceptors (Lipinski definition) is 8. The smallest absolute Gasteiger partial charge is 0.296 e. The summed E-state index contributed by atoms with van der Waals surface area (Å²) < 4.78 is 77.9. The first-order chi connectivity index (χ1) is 11.8. The molecule has 0 amide bonds. The maximum Gasteiger partial charge on any atom is 0.296 e. The predicted octanol–water partition coefficient (Wildman–Crippen LogP) is 2.35. The van der Waals surface area contributed by atoms with Crippen molar-refractivity contribution in [1.82, 2.24) is 0 Å². The van der Waals surface area contributed by atoms with Crippen molar-refractivity contribution in [1.29, 1.82) is 0 Å². The van der Waals surface area contributed by atoms with E-state index in [9.17, 15) is 30.7 Å². The molecule has 0 atom stereocenters. The number of rotatable bonds is 5. The molecule has 0 radical (unpaired) electrons. The van der Waals surface area contributed by atoms with E-state index in [-0.39, 0.29) is 28.3 Å².